The molecule has 0 saturated heterocycles. The molecular formula is C24H24Cl2N4O4. The van der Waals surface area contributed by atoms with Gasteiger partial charge in [0.15, 0.2) is 0 Å². The Labute approximate surface area is 206 Å². The molecule has 178 valence electrons. The first-order chi connectivity index (χ1) is 16.3. The molecule has 1 aliphatic rings. The van der Waals surface area contributed by atoms with Gasteiger partial charge in [-0.1, -0.05) is 35.3 Å². The summed E-state index contributed by atoms with van der Waals surface area (Å²) in [5, 5.41) is 13.3. The molecule has 0 radical (unpaired) electrons. The van der Waals surface area contributed by atoms with Gasteiger partial charge < -0.3 is 20.1 Å². The van der Waals surface area contributed by atoms with Gasteiger partial charge in [0.1, 0.15) is 5.75 Å². The van der Waals surface area contributed by atoms with Crippen LogP contribution in [0.15, 0.2) is 47.3 Å². The predicted molar refractivity (Wildman–Crippen MR) is 131 cm³/mol. The Bertz CT molecular complexity index is 1290. The van der Waals surface area contributed by atoms with Crippen molar-refractivity contribution in [2.75, 3.05) is 25.6 Å². The molecule has 34 heavy (non-hydrogen) atoms. The SMILES string of the molecule is COc1ccccc1-n1c(N[C@@H](C)CO)nc2c(c1=O)CCN(C(=O)c1ccc(Cl)c(Cl)c1)C2. The van der Waals surface area contributed by atoms with Crippen molar-refractivity contribution in [3.8, 4) is 11.4 Å². The summed E-state index contributed by atoms with van der Waals surface area (Å²) in [6.07, 6.45) is 0.346. The molecule has 2 aromatic carbocycles. The fourth-order valence-corrected chi connectivity index (χ4v) is 4.17. The molecule has 4 rings (SSSR count). The van der Waals surface area contributed by atoms with Gasteiger partial charge in [0, 0.05) is 23.7 Å². The molecule has 0 spiro atoms. The van der Waals surface area contributed by atoms with E-state index in [9.17, 15) is 14.7 Å². The minimum atomic E-state index is -0.358. The van der Waals surface area contributed by atoms with Crippen LogP contribution in [0.3, 0.4) is 0 Å². The Morgan fingerprint density at radius 1 is 1.24 bits per heavy atom. The Morgan fingerprint density at radius 3 is 2.71 bits per heavy atom. The summed E-state index contributed by atoms with van der Waals surface area (Å²) >= 11 is 12.1. The van der Waals surface area contributed by atoms with E-state index >= 15 is 0 Å². The fourth-order valence-electron chi connectivity index (χ4n) is 3.87. The van der Waals surface area contributed by atoms with E-state index in [2.05, 4.69) is 5.32 Å². The molecule has 3 aromatic rings. The van der Waals surface area contributed by atoms with Crippen LogP contribution in [-0.4, -0.2) is 51.8 Å². The molecule has 0 fully saturated rings. The topological polar surface area (TPSA) is 96.7 Å². The monoisotopic (exact) mass is 502 g/mol. The molecule has 0 aliphatic carbocycles. The maximum Gasteiger partial charge on any atom is 0.263 e. The second kappa shape index (κ2) is 10.0. The molecule has 0 unspecified atom stereocenters. The summed E-state index contributed by atoms with van der Waals surface area (Å²) in [6.45, 7) is 2.15. The highest BCUT2D eigenvalue weighted by molar-refractivity contribution is 6.42. The Balaban J connectivity index is 1.76. The van der Waals surface area contributed by atoms with Gasteiger partial charge in [-0.3, -0.25) is 9.59 Å². The lowest BCUT2D eigenvalue weighted by atomic mass is 10.0. The Kier molecular flexibility index (Phi) is 7.11. The number of hydrogen-bond donors (Lipinski definition) is 2. The summed E-state index contributed by atoms with van der Waals surface area (Å²) in [4.78, 5) is 33.1. The summed E-state index contributed by atoms with van der Waals surface area (Å²) in [5.41, 5.74) is 1.73. The van der Waals surface area contributed by atoms with Crippen LogP contribution >= 0.6 is 23.2 Å². The van der Waals surface area contributed by atoms with Gasteiger partial charge in [-0.2, -0.15) is 0 Å². The average Bonchev–Trinajstić information content (AvgIpc) is 2.85. The fraction of sp³-hybridized carbons (Fsp3) is 0.292. The minimum Gasteiger partial charge on any atom is -0.495 e. The van der Waals surface area contributed by atoms with Crippen LogP contribution in [0.25, 0.3) is 5.69 Å². The summed E-state index contributed by atoms with van der Waals surface area (Å²) in [6, 6.07) is 11.5. The van der Waals surface area contributed by atoms with E-state index in [4.69, 9.17) is 32.9 Å². The summed E-state index contributed by atoms with van der Waals surface area (Å²) in [5.74, 6) is 0.551. The number of nitrogens with zero attached hydrogens (tertiary/aromatic N) is 3. The third-order valence-electron chi connectivity index (χ3n) is 5.66. The first kappa shape index (κ1) is 24.1. The number of amides is 1. The number of aliphatic hydroxyl groups is 1. The number of ether oxygens (including phenoxy) is 1. The van der Waals surface area contributed by atoms with Crippen molar-refractivity contribution < 1.29 is 14.6 Å². The van der Waals surface area contributed by atoms with Crippen molar-refractivity contribution in [2.45, 2.75) is 25.9 Å². The van der Waals surface area contributed by atoms with Crippen molar-refractivity contribution in [1.82, 2.24) is 14.5 Å². The maximum absolute atomic E-state index is 13.6. The standard InChI is InChI=1S/C24H24Cl2N4O4/c1-14(13-31)27-24-28-19-12-29(22(32)15-7-8-17(25)18(26)11-15)10-9-16(19)23(33)30(24)20-5-3-4-6-21(20)34-2/h3-8,11,14,31H,9-10,12-13H2,1-2H3,(H,27,28)/t14-/m0/s1. The number of carbonyl (C=O) groups is 1. The van der Waals surface area contributed by atoms with Crippen molar-refractivity contribution in [1.29, 1.82) is 0 Å². The zero-order chi connectivity index (χ0) is 24.4. The number of hydrogen-bond acceptors (Lipinski definition) is 6. The van der Waals surface area contributed by atoms with E-state index in [0.717, 1.165) is 0 Å². The second-order valence-corrected chi connectivity index (χ2v) is 8.82. The first-order valence-electron chi connectivity index (χ1n) is 10.7. The number of carbonyl (C=O) groups excluding carboxylic acids is 1. The van der Waals surface area contributed by atoms with Crippen LogP contribution in [0.1, 0.15) is 28.5 Å². The van der Waals surface area contributed by atoms with Crippen molar-refractivity contribution in [3.05, 3.63) is 79.7 Å². The van der Waals surface area contributed by atoms with E-state index in [1.54, 1.807) is 42.2 Å². The normalized spacial score (nSPS) is 13.9. The van der Waals surface area contributed by atoms with Crippen LogP contribution in [0.2, 0.25) is 10.0 Å². The molecule has 1 aliphatic heterocycles. The van der Waals surface area contributed by atoms with Gasteiger partial charge in [0.05, 0.1) is 41.7 Å². The maximum atomic E-state index is 13.6. The van der Waals surface area contributed by atoms with E-state index in [1.165, 1.54) is 17.7 Å². The molecular weight excluding hydrogens is 479 g/mol. The molecule has 8 nitrogen and oxygen atoms in total. The molecule has 2 N–H and O–H groups in total. The number of aromatic nitrogens is 2. The number of rotatable bonds is 6. The van der Waals surface area contributed by atoms with E-state index in [-0.39, 0.29) is 36.6 Å². The second-order valence-electron chi connectivity index (χ2n) is 8.01. The van der Waals surface area contributed by atoms with Crippen LogP contribution in [0.5, 0.6) is 5.75 Å². The zero-order valence-electron chi connectivity index (χ0n) is 18.7. The lowest BCUT2D eigenvalue weighted by Crippen LogP contribution is -2.41. The number of aliphatic hydroxyl groups excluding tert-OH is 1. The summed E-state index contributed by atoms with van der Waals surface area (Å²) in [7, 11) is 1.53. The smallest absolute Gasteiger partial charge is 0.263 e. The highest BCUT2D eigenvalue weighted by Crippen LogP contribution is 2.27. The van der Waals surface area contributed by atoms with Crippen LogP contribution in [-0.2, 0) is 13.0 Å². The lowest BCUT2D eigenvalue weighted by Gasteiger charge is -2.29. The number of para-hydroxylation sites is 2. The van der Waals surface area contributed by atoms with Crippen LogP contribution in [0, 0.1) is 0 Å². The van der Waals surface area contributed by atoms with E-state index in [0.29, 0.717) is 51.3 Å². The van der Waals surface area contributed by atoms with Crippen molar-refractivity contribution >= 4 is 35.1 Å². The molecule has 2 heterocycles. The third-order valence-corrected chi connectivity index (χ3v) is 6.40. The number of methoxy groups -OCH3 is 1. The first-order valence-corrected chi connectivity index (χ1v) is 11.5. The largest absolute Gasteiger partial charge is 0.495 e. The van der Waals surface area contributed by atoms with E-state index < -0.39 is 0 Å². The van der Waals surface area contributed by atoms with E-state index in [1.807, 2.05) is 6.07 Å². The van der Waals surface area contributed by atoms with Crippen molar-refractivity contribution in [3.63, 3.8) is 0 Å². The van der Waals surface area contributed by atoms with Gasteiger partial charge in [-0.15, -0.1) is 0 Å². The van der Waals surface area contributed by atoms with Gasteiger partial charge >= 0.3 is 0 Å². The molecule has 10 heteroatoms. The Hall–Kier alpha value is -3.07. The number of halogens is 2. The number of anilines is 1. The van der Waals surface area contributed by atoms with Gasteiger partial charge in [0.25, 0.3) is 11.5 Å². The molecule has 1 aromatic heterocycles. The zero-order valence-corrected chi connectivity index (χ0v) is 20.2. The molecule has 0 bridgehead atoms. The van der Waals surface area contributed by atoms with Gasteiger partial charge in [-0.25, -0.2) is 9.55 Å². The van der Waals surface area contributed by atoms with Crippen LogP contribution in [0.4, 0.5) is 5.95 Å². The number of nitrogens with one attached hydrogen (secondary N) is 1. The third kappa shape index (κ3) is 4.61. The predicted octanol–water partition coefficient (Wildman–Crippen LogP) is 3.54. The Morgan fingerprint density at radius 2 is 2.00 bits per heavy atom. The van der Waals surface area contributed by atoms with Gasteiger partial charge in [-0.05, 0) is 43.7 Å². The summed E-state index contributed by atoms with van der Waals surface area (Å²) < 4.78 is 6.92. The number of benzene rings is 2. The number of fused-ring (bicyclic) bond motifs is 1. The molecule has 1 atom stereocenters. The molecule has 1 amide bonds. The quantitative estimate of drug-likeness (QED) is 0.535. The van der Waals surface area contributed by atoms with Crippen molar-refractivity contribution in [2.24, 2.45) is 0 Å². The highest BCUT2D eigenvalue weighted by Gasteiger charge is 2.28. The average molecular weight is 503 g/mol. The molecule has 0 saturated carbocycles. The lowest BCUT2D eigenvalue weighted by molar-refractivity contribution is 0.0731. The minimum absolute atomic E-state index is 0.152. The highest BCUT2D eigenvalue weighted by atomic mass is 35.5. The van der Waals surface area contributed by atoms with Gasteiger partial charge in [0.2, 0.25) is 5.95 Å². The van der Waals surface area contributed by atoms with Crippen LogP contribution < -0.4 is 15.6 Å².